The third kappa shape index (κ3) is 2.89. The zero-order chi connectivity index (χ0) is 17.3. The van der Waals surface area contributed by atoms with Gasteiger partial charge in [0.05, 0.1) is 11.3 Å². The van der Waals surface area contributed by atoms with Gasteiger partial charge >= 0.3 is 0 Å². The highest BCUT2D eigenvalue weighted by Gasteiger charge is 2.22. The first-order valence-electron chi connectivity index (χ1n) is 7.47. The van der Waals surface area contributed by atoms with Gasteiger partial charge in [0.2, 0.25) is 5.95 Å². The summed E-state index contributed by atoms with van der Waals surface area (Å²) in [5, 5.41) is 3.07. The van der Waals surface area contributed by atoms with E-state index >= 15 is 0 Å². The number of pyridine rings is 1. The number of aromatic nitrogens is 3. The molecule has 7 heteroatoms. The van der Waals surface area contributed by atoms with Gasteiger partial charge in [0.15, 0.2) is 17.3 Å². The molecular formula is C17H15F3N4. The van der Waals surface area contributed by atoms with Crippen molar-refractivity contribution in [2.75, 3.05) is 11.9 Å². The molecule has 0 radical (unpaired) electrons. The van der Waals surface area contributed by atoms with Crippen LogP contribution in [0.1, 0.15) is 13.8 Å². The normalized spacial score (nSPS) is 11.2. The number of nitrogens with one attached hydrogen (secondary N) is 1. The Hall–Kier alpha value is -2.70. The van der Waals surface area contributed by atoms with Gasteiger partial charge < -0.3 is 5.32 Å². The minimum Gasteiger partial charge on any atom is -0.382 e. The predicted molar refractivity (Wildman–Crippen MR) is 86.0 cm³/mol. The molecule has 0 saturated carbocycles. The van der Waals surface area contributed by atoms with E-state index in [1.165, 1.54) is 24.5 Å². The number of hydrogen-bond donors (Lipinski definition) is 1. The topological polar surface area (TPSA) is 50.7 Å². The first-order chi connectivity index (χ1) is 11.5. The largest absolute Gasteiger partial charge is 0.382 e. The lowest BCUT2D eigenvalue weighted by Gasteiger charge is -2.16. The number of anilines is 1. The number of nitrogens with zero attached hydrogens (tertiary/aromatic N) is 3. The Balaban J connectivity index is 2.31. The quantitative estimate of drug-likeness (QED) is 0.728. The molecule has 2 aromatic heterocycles. The minimum atomic E-state index is -1.13. The number of fused-ring (bicyclic) bond motifs is 1. The summed E-state index contributed by atoms with van der Waals surface area (Å²) in [6.07, 6.45) is 2.83. The third-order valence-electron chi connectivity index (χ3n) is 3.48. The summed E-state index contributed by atoms with van der Waals surface area (Å²) in [4.78, 5) is 11.9. The molecular weight excluding hydrogens is 317 g/mol. The fourth-order valence-corrected chi connectivity index (χ4v) is 2.38. The highest BCUT2D eigenvalue weighted by molar-refractivity contribution is 5.95. The van der Waals surface area contributed by atoms with Crippen molar-refractivity contribution in [2.45, 2.75) is 13.8 Å². The fraction of sp³-hybridized carbons (Fsp3) is 0.235. The van der Waals surface area contributed by atoms with Crippen LogP contribution in [-0.2, 0) is 0 Å². The molecule has 124 valence electrons. The number of hydrogen-bond acceptors (Lipinski definition) is 4. The van der Waals surface area contributed by atoms with Gasteiger partial charge in [-0.25, -0.2) is 18.7 Å². The monoisotopic (exact) mass is 332 g/mol. The van der Waals surface area contributed by atoms with Crippen LogP contribution in [-0.4, -0.2) is 21.5 Å². The molecule has 0 fully saturated rings. The third-order valence-corrected chi connectivity index (χ3v) is 3.48. The molecule has 0 spiro atoms. The molecule has 3 rings (SSSR count). The second-order valence-electron chi connectivity index (χ2n) is 5.76. The van der Waals surface area contributed by atoms with Gasteiger partial charge in [-0.2, -0.15) is 9.37 Å². The van der Waals surface area contributed by atoms with E-state index in [9.17, 15) is 13.2 Å². The molecule has 24 heavy (non-hydrogen) atoms. The van der Waals surface area contributed by atoms with Crippen molar-refractivity contribution in [2.24, 2.45) is 5.92 Å². The van der Waals surface area contributed by atoms with Crippen LogP contribution in [0.5, 0.6) is 0 Å². The molecule has 3 aromatic rings. The minimum absolute atomic E-state index is 0.0989. The van der Waals surface area contributed by atoms with Crippen LogP contribution >= 0.6 is 0 Å². The smallest absolute Gasteiger partial charge is 0.225 e. The molecule has 4 nitrogen and oxygen atoms in total. The van der Waals surface area contributed by atoms with Crippen molar-refractivity contribution in [1.82, 2.24) is 15.0 Å². The maximum atomic E-state index is 14.6. The summed E-state index contributed by atoms with van der Waals surface area (Å²) in [7, 11) is 0. The van der Waals surface area contributed by atoms with Gasteiger partial charge in [-0.3, -0.25) is 0 Å². The van der Waals surface area contributed by atoms with Crippen LogP contribution in [0.25, 0.3) is 22.3 Å². The summed E-state index contributed by atoms with van der Waals surface area (Å²) in [5.41, 5.74) is 0.295. The molecule has 0 aliphatic rings. The summed E-state index contributed by atoms with van der Waals surface area (Å²) >= 11 is 0. The van der Waals surface area contributed by atoms with Crippen LogP contribution < -0.4 is 5.32 Å². The Morgan fingerprint density at radius 3 is 2.58 bits per heavy atom. The summed E-state index contributed by atoms with van der Waals surface area (Å²) in [6, 6.07) is 3.60. The number of rotatable bonds is 4. The van der Waals surface area contributed by atoms with E-state index in [4.69, 9.17) is 0 Å². The Bertz CT molecular complexity index is 896. The van der Waals surface area contributed by atoms with E-state index in [1.54, 1.807) is 0 Å². The second-order valence-corrected chi connectivity index (χ2v) is 5.76. The van der Waals surface area contributed by atoms with Gasteiger partial charge in [-0.05, 0) is 12.0 Å². The average Bonchev–Trinajstić information content (AvgIpc) is 2.55. The number of benzene rings is 1. The van der Waals surface area contributed by atoms with E-state index in [2.05, 4.69) is 20.3 Å². The van der Waals surface area contributed by atoms with E-state index in [0.717, 1.165) is 6.07 Å². The van der Waals surface area contributed by atoms with Gasteiger partial charge in [-0.15, -0.1) is 0 Å². The maximum absolute atomic E-state index is 14.6. The van der Waals surface area contributed by atoms with Crippen LogP contribution in [0.4, 0.5) is 18.9 Å². The van der Waals surface area contributed by atoms with Crippen molar-refractivity contribution in [3.63, 3.8) is 0 Å². The molecule has 0 bridgehead atoms. The molecule has 2 heterocycles. The Labute approximate surface area is 136 Å². The molecule has 0 saturated heterocycles. The predicted octanol–water partition coefficient (Wildman–Crippen LogP) is 4.18. The fourth-order valence-electron chi connectivity index (χ4n) is 2.38. The molecule has 0 aliphatic carbocycles. The standard InChI is InChI=1S/C17H15F3N4/c1-9(2)8-23-14-12(10-4-3-5-11(18)13(10)19)16(20)24-17-15(14)21-6-7-22-17/h3-7,9H,8H2,1-2H3,(H,22,23,24). The average molecular weight is 332 g/mol. The molecule has 0 atom stereocenters. The Kier molecular flexibility index (Phi) is 4.33. The van der Waals surface area contributed by atoms with Gasteiger partial charge in [0, 0.05) is 24.5 Å². The van der Waals surface area contributed by atoms with Crippen LogP contribution in [0.2, 0.25) is 0 Å². The van der Waals surface area contributed by atoms with Gasteiger partial charge in [0.1, 0.15) is 5.52 Å². The molecule has 0 unspecified atom stereocenters. The van der Waals surface area contributed by atoms with E-state index in [-0.39, 0.29) is 28.4 Å². The van der Waals surface area contributed by atoms with E-state index < -0.39 is 17.6 Å². The zero-order valence-corrected chi connectivity index (χ0v) is 13.1. The van der Waals surface area contributed by atoms with Crippen molar-refractivity contribution >= 4 is 16.9 Å². The lowest BCUT2D eigenvalue weighted by Crippen LogP contribution is -2.12. The lowest BCUT2D eigenvalue weighted by molar-refractivity contribution is 0.509. The molecule has 0 amide bonds. The van der Waals surface area contributed by atoms with Crippen LogP contribution in [0.3, 0.4) is 0 Å². The molecule has 1 aromatic carbocycles. The number of halogens is 3. The van der Waals surface area contributed by atoms with Gasteiger partial charge in [0.25, 0.3) is 0 Å². The summed E-state index contributed by atoms with van der Waals surface area (Å²) in [5.74, 6) is -2.87. The van der Waals surface area contributed by atoms with Crippen molar-refractivity contribution in [3.8, 4) is 11.1 Å². The first kappa shape index (κ1) is 16.2. The second kappa shape index (κ2) is 6.43. The summed E-state index contributed by atoms with van der Waals surface area (Å²) < 4.78 is 42.4. The SMILES string of the molecule is CC(C)CNc1c(-c2cccc(F)c2F)c(F)nc2nccnc12. The molecule has 1 N–H and O–H groups in total. The maximum Gasteiger partial charge on any atom is 0.225 e. The van der Waals surface area contributed by atoms with Crippen molar-refractivity contribution in [3.05, 3.63) is 48.2 Å². The first-order valence-corrected chi connectivity index (χ1v) is 7.47. The lowest BCUT2D eigenvalue weighted by atomic mass is 10.0. The Morgan fingerprint density at radius 2 is 1.83 bits per heavy atom. The van der Waals surface area contributed by atoms with Crippen LogP contribution in [0.15, 0.2) is 30.6 Å². The van der Waals surface area contributed by atoms with Gasteiger partial charge in [-0.1, -0.05) is 26.0 Å². The highest BCUT2D eigenvalue weighted by Crippen LogP contribution is 2.36. The molecule has 0 aliphatic heterocycles. The van der Waals surface area contributed by atoms with E-state index in [1.807, 2.05) is 13.8 Å². The van der Waals surface area contributed by atoms with Crippen molar-refractivity contribution < 1.29 is 13.2 Å². The van der Waals surface area contributed by atoms with Crippen molar-refractivity contribution in [1.29, 1.82) is 0 Å². The van der Waals surface area contributed by atoms with Crippen LogP contribution in [0, 0.1) is 23.5 Å². The van der Waals surface area contributed by atoms with E-state index in [0.29, 0.717) is 12.1 Å². The zero-order valence-electron chi connectivity index (χ0n) is 13.1. The Morgan fingerprint density at radius 1 is 1.08 bits per heavy atom. The summed E-state index contributed by atoms with van der Waals surface area (Å²) in [6.45, 7) is 4.45. The highest BCUT2D eigenvalue weighted by atomic mass is 19.2.